The van der Waals surface area contributed by atoms with Crippen LogP contribution in [0.1, 0.15) is 23.0 Å². The van der Waals surface area contributed by atoms with Gasteiger partial charge in [0.1, 0.15) is 5.69 Å². The third-order valence-corrected chi connectivity index (χ3v) is 3.44. The van der Waals surface area contributed by atoms with Crippen molar-refractivity contribution in [2.45, 2.75) is 13.5 Å². The molecule has 0 bridgehead atoms. The van der Waals surface area contributed by atoms with E-state index in [1.807, 2.05) is 6.07 Å². The Bertz CT molecular complexity index is 802. The van der Waals surface area contributed by atoms with Gasteiger partial charge in [0, 0.05) is 5.56 Å². The smallest absolute Gasteiger partial charge is 0.356 e. The molecule has 0 fully saturated rings. The fraction of sp³-hybridized carbons (Fsp3) is 0.250. The molecule has 1 aromatic heterocycles. The monoisotopic (exact) mass is 335 g/mol. The molecule has 0 unspecified atom stereocenters. The van der Waals surface area contributed by atoms with E-state index >= 15 is 0 Å². The van der Waals surface area contributed by atoms with Crippen LogP contribution in [0.25, 0.3) is 11.3 Å². The molecule has 0 saturated carbocycles. The Kier molecular flexibility index (Phi) is 5.46. The van der Waals surface area contributed by atoms with E-state index in [1.54, 1.807) is 43.3 Å². The highest BCUT2D eigenvalue weighted by Gasteiger charge is 2.10. The topological polar surface area (TPSA) is 82.6 Å². The molecule has 2 rings (SSSR count). The van der Waals surface area contributed by atoms with Crippen LogP contribution in [0.2, 0.25) is 0 Å². The first-order chi connectivity index (χ1) is 10.9. The minimum Gasteiger partial charge on any atom is -0.461 e. The number of nitrogens with zero attached hydrogens (tertiary/aromatic N) is 1. The van der Waals surface area contributed by atoms with Gasteiger partial charge in [0.05, 0.1) is 25.2 Å². The first-order valence-corrected chi connectivity index (χ1v) is 8.78. The van der Waals surface area contributed by atoms with Gasteiger partial charge in [-0.25, -0.2) is 9.78 Å². The minimum atomic E-state index is -3.50. The number of rotatable bonds is 6. The van der Waals surface area contributed by atoms with Crippen LogP contribution in [-0.4, -0.2) is 32.2 Å². The summed E-state index contributed by atoms with van der Waals surface area (Å²) in [5, 5.41) is 0. The molecule has 0 saturated heterocycles. The van der Waals surface area contributed by atoms with E-state index in [4.69, 9.17) is 8.92 Å². The van der Waals surface area contributed by atoms with Crippen LogP contribution >= 0.6 is 0 Å². The van der Waals surface area contributed by atoms with Crippen molar-refractivity contribution in [2.75, 3.05) is 12.9 Å². The standard InChI is InChI=1S/C16H17NO5S/c1-3-21-16(18)15-9-5-8-14(17-15)13-7-4-6-12(10-13)11-22-23(2,19)20/h4-10H,3,11H2,1-2H3. The fourth-order valence-electron chi connectivity index (χ4n) is 1.91. The lowest BCUT2D eigenvalue weighted by molar-refractivity contribution is 0.0519. The van der Waals surface area contributed by atoms with E-state index in [-0.39, 0.29) is 18.9 Å². The Morgan fingerprint density at radius 3 is 2.61 bits per heavy atom. The molecule has 0 aliphatic heterocycles. The van der Waals surface area contributed by atoms with Gasteiger partial charge < -0.3 is 4.74 Å². The second-order valence-corrected chi connectivity index (χ2v) is 6.44. The summed E-state index contributed by atoms with van der Waals surface area (Å²) in [7, 11) is -3.50. The van der Waals surface area contributed by atoms with Crippen molar-refractivity contribution in [3.05, 3.63) is 53.7 Å². The van der Waals surface area contributed by atoms with E-state index < -0.39 is 16.1 Å². The van der Waals surface area contributed by atoms with Gasteiger partial charge in [0.2, 0.25) is 0 Å². The van der Waals surface area contributed by atoms with Crippen LogP contribution in [0.15, 0.2) is 42.5 Å². The van der Waals surface area contributed by atoms with Gasteiger partial charge in [-0.3, -0.25) is 4.18 Å². The van der Waals surface area contributed by atoms with Crippen molar-refractivity contribution in [2.24, 2.45) is 0 Å². The van der Waals surface area contributed by atoms with E-state index in [0.717, 1.165) is 11.8 Å². The lowest BCUT2D eigenvalue weighted by Gasteiger charge is -2.07. The van der Waals surface area contributed by atoms with Gasteiger partial charge in [0.15, 0.2) is 0 Å². The summed E-state index contributed by atoms with van der Waals surface area (Å²) in [5.74, 6) is -0.481. The molecule has 0 spiro atoms. The maximum atomic E-state index is 11.7. The molecule has 1 aromatic carbocycles. The van der Waals surface area contributed by atoms with Gasteiger partial charge in [0.25, 0.3) is 10.1 Å². The largest absolute Gasteiger partial charge is 0.461 e. The highest BCUT2D eigenvalue weighted by atomic mass is 32.2. The number of hydrogen-bond donors (Lipinski definition) is 0. The summed E-state index contributed by atoms with van der Waals surface area (Å²) in [6, 6.07) is 12.2. The lowest BCUT2D eigenvalue weighted by atomic mass is 10.1. The van der Waals surface area contributed by atoms with Gasteiger partial charge in [-0.05, 0) is 30.7 Å². The van der Waals surface area contributed by atoms with Crippen LogP contribution in [0, 0.1) is 0 Å². The maximum absolute atomic E-state index is 11.7. The van der Waals surface area contributed by atoms with Gasteiger partial charge in [-0.15, -0.1) is 0 Å². The molecule has 23 heavy (non-hydrogen) atoms. The average Bonchev–Trinajstić information content (AvgIpc) is 2.53. The van der Waals surface area contributed by atoms with Crippen molar-refractivity contribution in [1.82, 2.24) is 4.98 Å². The predicted octanol–water partition coefficient (Wildman–Crippen LogP) is 2.40. The first kappa shape index (κ1) is 17.1. The summed E-state index contributed by atoms with van der Waals surface area (Å²) in [4.78, 5) is 16.0. The number of ether oxygens (including phenoxy) is 1. The second-order valence-electron chi connectivity index (χ2n) is 4.80. The van der Waals surface area contributed by atoms with Gasteiger partial charge in [-0.2, -0.15) is 8.42 Å². The highest BCUT2D eigenvalue weighted by Crippen LogP contribution is 2.19. The molecule has 0 atom stereocenters. The quantitative estimate of drug-likeness (QED) is 0.595. The molecule has 0 aliphatic rings. The van der Waals surface area contributed by atoms with Crippen LogP contribution in [0.5, 0.6) is 0 Å². The Balaban J connectivity index is 2.25. The zero-order valence-electron chi connectivity index (χ0n) is 12.9. The predicted molar refractivity (Wildman–Crippen MR) is 85.3 cm³/mol. The number of hydrogen-bond acceptors (Lipinski definition) is 6. The SMILES string of the molecule is CCOC(=O)c1cccc(-c2cccc(COS(C)(=O)=O)c2)n1. The molecular weight excluding hydrogens is 318 g/mol. The van der Waals surface area contributed by atoms with E-state index in [2.05, 4.69) is 4.98 Å². The van der Waals surface area contributed by atoms with Gasteiger partial charge >= 0.3 is 5.97 Å². The molecule has 1 heterocycles. The van der Waals surface area contributed by atoms with Crippen LogP contribution in [0.4, 0.5) is 0 Å². The normalized spacial score (nSPS) is 11.2. The Morgan fingerprint density at radius 2 is 1.91 bits per heavy atom. The van der Waals surface area contributed by atoms with Crippen LogP contribution in [-0.2, 0) is 25.6 Å². The summed E-state index contributed by atoms with van der Waals surface area (Å²) in [6.07, 6.45) is 1.00. The van der Waals surface area contributed by atoms with Crippen molar-refractivity contribution in [1.29, 1.82) is 0 Å². The summed E-state index contributed by atoms with van der Waals surface area (Å²) in [5.41, 5.74) is 2.26. The molecule has 0 N–H and O–H groups in total. The van der Waals surface area contributed by atoms with Crippen molar-refractivity contribution < 1.29 is 22.1 Å². The highest BCUT2D eigenvalue weighted by molar-refractivity contribution is 7.85. The Hall–Kier alpha value is -2.25. The number of carbonyl (C=O) groups is 1. The van der Waals surface area contributed by atoms with Crippen molar-refractivity contribution in [3.63, 3.8) is 0 Å². The fourth-order valence-corrected chi connectivity index (χ4v) is 2.26. The van der Waals surface area contributed by atoms with Gasteiger partial charge in [-0.1, -0.05) is 24.3 Å². The second kappa shape index (κ2) is 7.34. The number of aromatic nitrogens is 1. The van der Waals surface area contributed by atoms with Crippen molar-refractivity contribution in [3.8, 4) is 11.3 Å². The molecule has 2 aromatic rings. The van der Waals surface area contributed by atoms with Crippen molar-refractivity contribution >= 4 is 16.1 Å². The van der Waals surface area contributed by atoms with E-state index in [1.165, 1.54) is 0 Å². The van der Waals surface area contributed by atoms with Crippen LogP contribution in [0.3, 0.4) is 0 Å². The number of pyridine rings is 1. The van der Waals surface area contributed by atoms with Crippen LogP contribution < -0.4 is 0 Å². The molecule has 0 aliphatic carbocycles. The lowest BCUT2D eigenvalue weighted by Crippen LogP contribution is -2.07. The maximum Gasteiger partial charge on any atom is 0.356 e. The van der Waals surface area contributed by atoms with E-state index in [0.29, 0.717) is 11.3 Å². The number of esters is 1. The first-order valence-electron chi connectivity index (χ1n) is 6.97. The third-order valence-electron chi connectivity index (χ3n) is 2.90. The molecule has 6 nitrogen and oxygen atoms in total. The minimum absolute atomic E-state index is 0.0513. The van der Waals surface area contributed by atoms with E-state index in [9.17, 15) is 13.2 Å². The summed E-state index contributed by atoms with van der Waals surface area (Å²) in [6.45, 7) is 1.96. The molecule has 0 radical (unpaired) electrons. The average molecular weight is 335 g/mol. The number of benzene rings is 1. The molecular formula is C16H17NO5S. The number of carbonyl (C=O) groups excluding carboxylic acids is 1. The zero-order chi connectivity index (χ0) is 16.9. The molecule has 0 amide bonds. The summed E-state index contributed by atoms with van der Waals surface area (Å²) >= 11 is 0. The Morgan fingerprint density at radius 1 is 1.17 bits per heavy atom. The molecule has 7 heteroatoms. The Labute approximate surface area is 135 Å². The molecule has 122 valence electrons. The zero-order valence-corrected chi connectivity index (χ0v) is 13.7. The summed E-state index contributed by atoms with van der Waals surface area (Å²) < 4.78 is 31.8. The third kappa shape index (κ3) is 5.15.